The predicted molar refractivity (Wildman–Crippen MR) is 77.2 cm³/mol. The van der Waals surface area contributed by atoms with Crippen molar-refractivity contribution >= 4 is 17.4 Å². The van der Waals surface area contributed by atoms with Crippen LogP contribution >= 0.6 is 11.6 Å². The zero-order valence-electron chi connectivity index (χ0n) is 10.8. The van der Waals surface area contributed by atoms with Gasteiger partial charge in [0.2, 0.25) is 0 Å². The fourth-order valence-corrected chi connectivity index (χ4v) is 2.10. The van der Waals surface area contributed by atoms with Gasteiger partial charge in [-0.3, -0.25) is 0 Å². The third-order valence-corrected chi connectivity index (χ3v) is 3.16. The lowest BCUT2D eigenvalue weighted by Crippen LogP contribution is -2.21. The molecule has 0 radical (unpaired) electrons. The van der Waals surface area contributed by atoms with Crippen LogP contribution < -0.4 is 4.90 Å². The Hall–Kier alpha value is -1.61. The van der Waals surface area contributed by atoms with Gasteiger partial charge in [-0.1, -0.05) is 41.9 Å². The highest BCUT2D eigenvalue weighted by molar-refractivity contribution is 6.30. The molecule has 0 bridgehead atoms. The van der Waals surface area contributed by atoms with E-state index in [1.807, 2.05) is 30.1 Å². The van der Waals surface area contributed by atoms with Crippen molar-refractivity contribution in [3.8, 4) is 0 Å². The summed E-state index contributed by atoms with van der Waals surface area (Å²) in [5, 5.41) is 0.318. The van der Waals surface area contributed by atoms with Crippen molar-refractivity contribution in [3.05, 3.63) is 59.0 Å². The Morgan fingerprint density at radius 3 is 2.68 bits per heavy atom. The van der Waals surface area contributed by atoms with Crippen LogP contribution in [0.25, 0.3) is 0 Å². The number of aromatic nitrogens is 1. The Balaban J connectivity index is 1.89. The number of rotatable bonds is 5. The Morgan fingerprint density at radius 2 is 2.00 bits per heavy atom. The minimum absolute atomic E-state index is 0.318. The second-order valence-electron chi connectivity index (χ2n) is 4.47. The van der Waals surface area contributed by atoms with E-state index in [1.54, 1.807) is 0 Å². The topological polar surface area (TPSA) is 16.1 Å². The zero-order valence-corrected chi connectivity index (χ0v) is 11.6. The molecule has 0 unspecified atom stereocenters. The number of anilines is 1. The van der Waals surface area contributed by atoms with Crippen molar-refractivity contribution in [2.24, 2.45) is 0 Å². The van der Waals surface area contributed by atoms with Crippen molar-refractivity contribution in [3.63, 3.8) is 0 Å². The molecule has 0 spiro atoms. The van der Waals surface area contributed by atoms with Crippen LogP contribution in [0.3, 0.4) is 0 Å². The van der Waals surface area contributed by atoms with E-state index in [2.05, 4.69) is 17.1 Å². The van der Waals surface area contributed by atoms with Crippen molar-refractivity contribution in [1.29, 1.82) is 0 Å². The van der Waals surface area contributed by atoms with Gasteiger partial charge in [0.25, 0.3) is 0 Å². The molecule has 4 heteroatoms. The van der Waals surface area contributed by atoms with Crippen LogP contribution in [0.2, 0.25) is 5.02 Å². The van der Waals surface area contributed by atoms with Gasteiger partial charge in [0.15, 0.2) is 11.6 Å². The monoisotopic (exact) mass is 278 g/mol. The average Bonchev–Trinajstić information content (AvgIpc) is 2.39. The first-order valence-electron chi connectivity index (χ1n) is 6.23. The number of halogens is 2. The van der Waals surface area contributed by atoms with E-state index in [0.717, 1.165) is 19.4 Å². The number of hydrogen-bond donors (Lipinski definition) is 0. The summed E-state index contributed by atoms with van der Waals surface area (Å²) in [6, 6.07) is 11.5. The van der Waals surface area contributed by atoms with E-state index in [-0.39, 0.29) is 5.82 Å². The fourth-order valence-electron chi connectivity index (χ4n) is 1.96. The van der Waals surface area contributed by atoms with E-state index in [1.165, 1.54) is 17.8 Å². The van der Waals surface area contributed by atoms with Crippen LogP contribution in [0.1, 0.15) is 12.0 Å². The number of pyridine rings is 1. The maximum atomic E-state index is 13.7. The van der Waals surface area contributed by atoms with Crippen molar-refractivity contribution < 1.29 is 4.39 Å². The summed E-state index contributed by atoms with van der Waals surface area (Å²) in [5.41, 5.74) is 1.29. The summed E-state index contributed by atoms with van der Waals surface area (Å²) in [4.78, 5) is 5.84. The Bertz CT molecular complexity index is 531. The molecule has 0 saturated heterocycles. The molecule has 1 aromatic heterocycles. The second kappa shape index (κ2) is 6.53. The van der Waals surface area contributed by atoms with Gasteiger partial charge in [0.1, 0.15) is 0 Å². The largest absolute Gasteiger partial charge is 0.357 e. The SMILES string of the molecule is CN(CCCc1ccccc1)c1ncc(Cl)cc1F. The van der Waals surface area contributed by atoms with Crippen molar-refractivity contribution in [2.45, 2.75) is 12.8 Å². The molecule has 0 aliphatic carbocycles. The van der Waals surface area contributed by atoms with Gasteiger partial charge in [-0.25, -0.2) is 9.37 Å². The molecular formula is C15H16ClFN2. The van der Waals surface area contributed by atoms with E-state index in [4.69, 9.17) is 11.6 Å². The van der Waals surface area contributed by atoms with Crippen molar-refractivity contribution in [1.82, 2.24) is 4.98 Å². The summed E-state index contributed by atoms with van der Waals surface area (Å²) in [7, 11) is 1.84. The summed E-state index contributed by atoms with van der Waals surface area (Å²) < 4.78 is 13.7. The standard InChI is InChI=1S/C15H16ClFN2/c1-19(15-14(17)10-13(16)11-18-15)9-5-8-12-6-3-2-4-7-12/h2-4,6-7,10-11H,5,8-9H2,1H3. The number of hydrogen-bond acceptors (Lipinski definition) is 2. The molecular weight excluding hydrogens is 263 g/mol. The molecule has 0 N–H and O–H groups in total. The molecule has 0 fully saturated rings. The highest BCUT2D eigenvalue weighted by atomic mass is 35.5. The normalized spacial score (nSPS) is 10.5. The van der Waals surface area contributed by atoms with Crippen LogP contribution in [0.15, 0.2) is 42.6 Å². The highest BCUT2D eigenvalue weighted by Crippen LogP contribution is 2.18. The van der Waals surface area contributed by atoms with Gasteiger partial charge < -0.3 is 4.90 Å². The van der Waals surface area contributed by atoms with Crippen LogP contribution in [0.4, 0.5) is 10.2 Å². The first kappa shape index (κ1) is 13.8. The summed E-state index contributed by atoms with van der Waals surface area (Å²) in [6.07, 6.45) is 3.39. The molecule has 100 valence electrons. The molecule has 2 rings (SSSR count). The summed E-state index contributed by atoms with van der Waals surface area (Å²) in [5.74, 6) is -0.0350. The molecule has 0 aliphatic rings. The van der Waals surface area contributed by atoms with Gasteiger partial charge in [-0.05, 0) is 24.5 Å². The third kappa shape index (κ3) is 3.93. The zero-order chi connectivity index (χ0) is 13.7. The lowest BCUT2D eigenvalue weighted by atomic mass is 10.1. The molecule has 1 heterocycles. The number of aryl methyl sites for hydroxylation is 1. The van der Waals surface area contributed by atoms with E-state index >= 15 is 0 Å². The predicted octanol–water partition coefficient (Wildman–Crippen LogP) is 3.94. The second-order valence-corrected chi connectivity index (χ2v) is 4.91. The Kier molecular flexibility index (Phi) is 4.74. The Labute approximate surface area is 117 Å². The highest BCUT2D eigenvalue weighted by Gasteiger charge is 2.09. The smallest absolute Gasteiger partial charge is 0.167 e. The summed E-state index contributed by atoms with van der Waals surface area (Å²) in [6.45, 7) is 0.750. The molecule has 0 amide bonds. The van der Waals surface area contributed by atoms with E-state index in [0.29, 0.717) is 10.8 Å². The first-order valence-corrected chi connectivity index (χ1v) is 6.61. The maximum absolute atomic E-state index is 13.7. The van der Waals surface area contributed by atoms with Gasteiger partial charge in [0, 0.05) is 19.8 Å². The van der Waals surface area contributed by atoms with Crippen LogP contribution in [-0.2, 0) is 6.42 Å². The van der Waals surface area contributed by atoms with Crippen LogP contribution in [0.5, 0.6) is 0 Å². The average molecular weight is 279 g/mol. The van der Waals surface area contributed by atoms with E-state index in [9.17, 15) is 4.39 Å². The molecule has 2 nitrogen and oxygen atoms in total. The van der Waals surface area contributed by atoms with Gasteiger partial charge in [-0.15, -0.1) is 0 Å². The lowest BCUT2D eigenvalue weighted by Gasteiger charge is -2.18. The number of nitrogens with zero attached hydrogens (tertiary/aromatic N) is 2. The lowest BCUT2D eigenvalue weighted by molar-refractivity contribution is 0.612. The number of benzene rings is 1. The van der Waals surface area contributed by atoms with E-state index < -0.39 is 0 Å². The Morgan fingerprint density at radius 1 is 1.26 bits per heavy atom. The molecule has 0 atom stereocenters. The van der Waals surface area contributed by atoms with Crippen LogP contribution in [0, 0.1) is 5.82 Å². The molecule has 0 saturated carbocycles. The minimum atomic E-state index is -0.380. The quantitative estimate of drug-likeness (QED) is 0.823. The molecule has 19 heavy (non-hydrogen) atoms. The molecule has 1 aromatic carbocycles. The van der Waals surface area contributed by atoms with Gasteiger partial charge in [-0.2, -0.15) is 0 Å². The molecule has 0 aliphatic heterocycles. The first-order chi connectivity index (χ1) is 9.16. The fraction of sp³-hybridized carbons (Fsp3) is 0.267. The summed E-state index contributed by atoms with van der Waals surface area (Å²) >= 11 is 5.69. The molecule has 2 aromatic rings. The maximum Gasteiger partial charge on any atom is 0.167 e. The van der Waals surface area contributed by atoms with Crippen molar-refractivity contribution in [2.75, 3.05) is 18.5 Å². The van der Waals surface area contributed by atoms with Crippen LogP contribution in [-0.4, -0.2) is 18.6 Å². The van der Waals surface area contributed by atoms with Gasteiger partial charge in [0.05, 0.1) is 5.02 Å². The third-order valence-electron chi connectivity index (χ3n) is 2.95. The van der Waals surface area contributed by atoms with Gasteiger partial charge >= 0.3 is 0 Å². The minimum Gasteiger partial charge on any atom is -0.357 e.